The summed E-state index contributed by atoms with van der Waals surface area (Å²) < 4.78 is 12.0. The quantitative estimate of drug-likeness (QED) is 0.469. The monoisotopic (exact) mass is 376 g/mol. The van der Waals surface area contributed by atoms with E-state index in [4.69, 9.17) is 9.47 Å². The van der Waals surface area contributed by atoms with Gasteiger partial charge in [-0.2, -0.15) is 0 Å². The van der Waals surface area contributed by atoms with Crippen LogP contribution in [-0.4, -0.2) is 14.3 Å². The van der Waals surface area contributed by atoms with Crippen LogP contribution in [0.3, 0.4) is 0 Å². The van der Waals surface area contributed by atoms with Crippen LogP contribution >= 0.6 is 0 Å². The average Bonchev–Trinajstić information content (AvgIpc) is 2.69. The standard InChI is InChI=1S/C24H28O2Si/c1-4-20-13-15-24(16-14-20)27(2,3)19-25-18-21-9-8-12-23(17-21)26-22-10-6-5-7-11-22/h5-17H,4,18-19H2,1-3H3. The minimum absolute atomic E-state index is 0.607. The average molecular weight is 377 g/mol. The van der Waals surface area contributed by atoms with E-state index in [1.54, 1.807) is 0 Å². The van der Waals surface area contributed by atoms with Gasteiger partial charge < -0.3 is 9.47 Å². The first-order valence-electron chi connectivity index (χ1n) is 9.56. The molecule has 3 rings (SSSR count). The Hall–Kier alpha value is -2.36. The second-order valence-corrected chi connectivity index (χ2v) is 12.1. The highest BCUT2D eigenvalue weighted by molar-refractivity contribution is 6.89. The van der Waals surface area contributed by atoms with Gasteiger partial charge in [0.2, 0.25) is 0 Å². The Kier molecular flexibility index (Phi) is 6.48. The van der Waals surface area contributed by atoms with Gasteiger partial charge >= 0.3 is 0 Å². The summed E-state index contributed by atoms with van der Waals surface area (Å²) in [5.41, 5.74) is 2.52. The first-order chi connectivity index (χ1) is 13.1. The molecule has 0 atom stereocenters. The molecule has 27 heavy (non-hydrogen) atoms. The fourth-order valence-electron chi connectivity index (χ4n) is 3.02. The Labute approximate surface area is 163 Å². The van der Waals surface area contributed by atoms with E-state index in [2.05, 4.69) is 56.4 Å². The van der Waals surface area contributed by atoms with Gasteiger partial charge in [0, 0.05) is 6.23 Å². The molecule has 0 aliphatic rings. The number of hydrogen-bond donors (Lipinski definition) is 0. The summed E-state index contributed by atoms with van der Waals surface area (Å²) in [6, 6.07) is 27.0. The number of para-hydroxylation sites is 1. The Balaban J connectivity index is 1.57. The third-order valence-electron chi connectivity index (χ3n) is 4.75. The van der Waals surface area contributed by atoms with Crippen molar-refractivity contribution in [3.8, 4) is 11.5 Å². The molecule has 0 saturated heterocycles. The Morgan fingerprint density at radius 1 is 0.741 bits per heavy atom. The van der Waals surface area contributed by atoms with Gasteiger partial charge in [-0.15, -0.1) is 0 Å². The van der Waals surface area contributed by atoms with Crippen LogP contribution in [0.15, 0.2) is 78.9 Å². The Bertz CT molecular complexity index is 842. The van der Waals surface area contributed by atoms with Gasteiger partial charge in [-0.3, -0.25) is 0 Å². The van der Waals surface area contributed by atoms with Gasteiger partial charge in [-0.05, 0) is 41.8 Å². The number of ether oxygens (including phenoxy) is 2. The topological polar surface area (TPSA) is 18.5 Å². The predicted molar refractivity (Wildman–Crippen MR) is 116 cm³/mol. The van der Waals surface area contributed by atoms with Gasteiger partial charge in [0.25, 0.3) is 0 Å². The van der Waals surface area contributed by atoms with Gasteiger partial charge in [-0.25, -0.2) is 0 Å². The van der Waals surface area contributed by atoms with Crippen molar-refractivity contribution >= 4 is 13.3 Å². The van der Waals surface area contributed by atoms with Gasteiger partial charge in [0.1, 0.15) is 19.6 Å². The minimum atomic E-state index is -1.60. The van der Waals surface area contributed by atoms with Crippen LogP contribution in [0.2, 0.25) is 13.1 Å². The van der Waals surface area contributed by atoms with Crippen LogP contribution in [0.5, 0.6) is 11.5 Å². The molecule has 3 aromatic rings. The summed E-state index contributed by atoms with van der Waals surface area (Å²) in [5.74, 6) is 1.69. The van der Waals surface area contributed by atoms with Crippen molar-refractivity contribution in [1.29, 1.82) is 0 Å². The van der Waals surface area contributed by atoms with Crippen molar-refractivity contribution < 1.29 is 9.47 Å². The van der Waals surface area contributed by atoms with E-state index < -0.39 is 8.07 Å². The molecule has 2 nitrogen and oxygen atoms in total. The van der Waals surface area contributed by atoms with Crippen molar-refractivity contribution in [3.63, 3.8) is 0 Å². The molecule has 0 unspecified atom stereocenters. The predicted octanol–water partition coefficient (Wildman–Crippen LogP) is 5.71. The van der Waals surface area contributed by atoms with Crippen LogP contribution in [-0.2, 0) is 17.8 Å². The molecule has 0 aromatic heterocycles. The number of hydrogen-bond acceptors (Lipinski definition) is 2. The second-order valence-electron chi connectivity index (χ2n) is 7.49. The third kappa shape index (κ3) is 5.55. The summed E-state index contributed by atoms with van der Waals surface area (Å²) in [6.07, 6.45) is 1.89. The summed E-state index contributed by atoms with van der Waals surface area (Å²) in [5, 5.41) is 1.45. The maximum absolute atomic E-state index is 6.11. The summed E-state index contributed by atoms with van der Waals surface area (Å²) in [7, 11) is -1.60. The normalized spacial score (nSPS) is 11.4. The lowest BCUT2D eigenvalue weighted by molar-refractivity contribution is 0.160. The number of aryl methyl sites for hydroxylation is 1. The molecule has 0 aliphatic carbocycles. The highest BCUT2D eigenvalue weighted by Crippen LogP contribution is 2.22. The molecular weight excluding hydrogens is 348 g/mol. The van der Waals surface area contributed by atoms with E-state index in [1.807, 2.05) is 42.5 Å². The van der Waals surface area contributed by atoms with Crippen LogP contribution < -0.4 is 9.92 Å². The largest absolute Gasteiger partial charge is 0.457 e. The van der Waals surface area contributed by atoms with Gasteiger partial charge in [-0.1, -0.05) is 79.8 Å². The zero-order valence-electron chi connectivity index (χ0n) is 16.4. The van der Waals surface area contributed by atoms with E-state index in [1.165, 1.54) is 10.8 Å². The Morgan fingerprint density at radius 2 is 1.44 bits per heavy atom. The SMILES string of the molecule is CCc1ccc([Si](C)(C)COCc2cccc(Oc3ccccc3)c2)cc1. The van der Waals surface area contributed by atoms with Crippen LogP contribution in [0, 0.1) is 0 Å². The summed E-state index contributed by atoms with van der Waals surface area (Å²) in [4.78, 5) is 0. The van der Waals surface area contributed by atoms with Crippen LogP contribution in [0.1, 0.15) is 18.1 Å². The number of benzene rings is 3. The molecule has 0 amide bonds. The molecule has 0 radical (unpaired) electrons. The lowest BCUT2D eigenvalue weighted by Gasteiger charge is -2.23. The maximum Gasteiger partial charge on any atom is 0.127 e. The lowest BCUT2D eigenvalue weighted by atomic mass is 10.2. The molecule has 0 spiro atoms. The van der Waals surface area contributed by atoms with Crippen molar-refractivity contribution in [2.75, 3.05) is 6.23 Å². The van der Waals surface area contributed by atoms with Crippen molar-refractivity contribution in [2.45, 2.75) is 33.0 Å². The zero-order valence-corrected chi connectivity index (χ0v) is 17.4. The van der Waals surface area contributed by atoms with E-state index in [0.29, 0.717) is 6.61 Å². The van der Waals surface area contributed by atoms with E-state index in [-0.39, 0.29) is 0 Å². The van der Waals surface area contributed by atoms with Gasteiger partial charge in [0.05, 0.1) is 6.61 Å². The lowest BCUT2D eigenvalue weighted by Crippen LogP contribution is -2.46. The van der Waals surface area contributed by atoms with Crippen LogP contribution in [0.25, 0.3) is 0 Å². The molecule has 0 saturated carbocycles. The first-order valence-corrected chi connectivity index (χ1v) is 12.8. The van der Waals surface area contributed by atoms with Gasteiger partial charge in [0.15, 0.2) is 0 Å². The fraction of sp³-hybridized carbons (Fsp3) is 0.250. The maximum atomic E-state index is 6.11. The van der Waals surface area contributed by atoms with Crippen molar-refractivity contribution in [3.05, 3.63) is 90.0 Å². The van der Waals surface area contributed by atoms with Crippen LogP contribution in [0.4, 0.5) is 0 Å². The number of rotatable bonds is 8. The minimum Gasteiger partial charge on any atom is -0.457 e. The summed E-state index contributed by atoms with van der Waals surface area (Å²) >= 11 is 0. The fourth-order valence-corrected chi connectivity index (χ4v) is 4.87. The second kappa shape index (κ2) is 9.02. The molecule has 0 N–H and O–H groups in total. The molecule has 140 valence electrons. The van der Waals surface area contributed by atoms with Crippen molar-refractivity contribution in [1.82, 2.24) is 0 Å². The highest BCUT2D eigenvalue weighted by Gasteiger charge is 2.23. The molecule has 0 bridgehead atoms. The molecule has 0 fully saturated rings. The van der Waals surface area contributed by atoms with Crippen molar-refractivity contribution in [2.24, 2.45) is 0 Å². The summed E-state index contributed by atoms with van der Waals surface area (Å²) in [6.45, 7) is 7.53. The highest BCUT2D eigenvalue weighted by atomic mass is 28.3. The third-order valence-corrected chi connectivity index (χ3v) is 7.57. The smallest absolute Gasteiger partial charge is 0.127 e. The zero-order chi connectivity index (χ0) is 19.1. The Morgan fingerprint density at radius 3 is 2.15 bits per heavy atom. The van der Waals surface area contributed by atoms with E-state index in [0.717, 1.165) is 29.7 Å². The molecule has 0 aliphatic heterocycles. The molecular formula is C24H28O2Si. The molecule has 3 heteroatoms. The van der Waals surface area contributed by atoms with E-state index in [9.17, 15) is 0 Å². The van der Waals surface area contributed by atoms with E-state index >= 15 is 0 Å². The first kappa shape index (κ1) is 19.4. The molecule has 3 aromatic carbocycles. The molecule has 0 heterocycles.